The lowest BCUT2D eigenvalue weighted by Crippen LogP contribution is -2.42. The highest BCUT2D eigenvalue weighted by Crippen LogP contribution is 2.39. The Bertz CT molecular complexity index is 1220. The minimum atomic E-state index is -0.350. The number of nitrogens with zero attached hydrogens (tertiary/aromatic N) is 3. The third-order valence-corrected chi connectivity index (χ3v) is 5.97. The average Bonchev–Trinajstić information content (AvgIpc) is 3.37. The molecule has 3 aromatic heterocycles. The number of fused-ring (bicyclic) bond motifs is 4. The largest absolute Gasteiger partial charge is 0.494 e. The van der Waals surface area contributed by atoms with Crippen LogP contribution in [0.4, 0.5) is 11.5 Å². The number of aryl methyl sites for hydroxylation is 1. The van der Waals surface area contributed by atoms with Crippen molar-refractivity contribution in [3.8, 4) is 5.75 Å². The second kappa shape index (κ2) is 7.26. The summed E-state index contributed by atoms with van der Waals surface area (Å²) in [6, 6.07) is 3.92. The van der Waals surface area contributed by atoms with E-state index in [9.17, 15) is 0 Å². The molecule has 0 spiro atoms. The van der Waals surface area contributed by atoms with Crippen LogP contribution in [0.1, 0.15) is 17.7 Å². The van der Waals surface area contributed by atoms with Gasteiger partial charge in [-0.15, -0.1) is 0 Å². The highest BCUT2D eigenvalue weighted by molar-refractivity contribution is 5.95. The molecule has 30 heavy (non-hydrogen) atoms. The third kappa shape index (κ3) is 2.98. The maximum Gasteiger partial charge on any atom is 0.144 e. The lowest BCUT2D eigenvalue weighted by Gasteiger charge is -2.35. The van der Waals surface area contributed by atoms with Crippen LogP contribution in [0.5, 0.6) is 5.75 Å². The topological polar surface area (TPSA) is 110 Å². The van der Waals surface area contributed by atoms with Gasteiger partial charge in [-0.25, -0.2) is 9.97 Å². The summed E-state index contributed by atoms with van der Waals surface area (Å²) in [7, 11) is 5.10. The van der Waals surface area contributed by atoms with Crippen LogP contribution in [-0.4, -0.2) is 58.7 Å². The molecule has 3 N–H and O–H groups in total. The van der Waals surface area contributed by atoms with E-state index in [1.807, 2.05) is 12.1 Å². The van der Waals surface area contributed by atoms with Gasteiger partial charge in [0.1, 0.15) is 23.5 Å². The number of benzene rings is 1. The molecule has 3 heterocycles. The molecule has 9 nitrogen and oxygen atoms in total. The van der Waals surface area contributed by atoms with Gasteiger partial charge in [0.25, 0.3) is 0 Å². The van der Waals surface area contributed by atoms with E-state index in [4.69, 9.17) is 14.2 Å². The van der Waals surface area contributed by atoms with Gasteiger partial charge in [0, 0.05) is 37.8 Å². The summed E-state index contributed by atoms with van der Waals surface area (Å²) in [5, 5.41) is 12.5. The Kier molecular flexibility index (Phi) is 4.56. The standard InChI is InChI=1S/C21H24N6O3/c1-28-10-21(30-3)5-4-14-13(8-21)18-19(25-14)22-11-23-20(18)26-16-6-12-9-24-27-15(12)7-17(16)29-2/h6-7,9,11H,4-5,8,10H2,1-3H3,(H,24,27)(H2,22,23,25,26)/t21-/m0/s1. The van der Waals surface area contributed by atoms with E-state index in [1.165, 1.54) is 11.3 Å². The Hall–Kier alpha value is -3.17. The highest BCUT2D eigenvalue weighted by atomic mass is 16.5. The number of ether oxygens (including phenoxy) is 3. The Morgan fingerprint density at radius 1 is 1.20 bits per heavy atom. The van der Waals surface area contributed by atoms with E-state index in [-0.39, 0.29) is 5.60 Å². The molecule has 0 fully saturated rings. The van der Waals surface area contributed by atoms with Crippen LogP contribution in [0.2, 0.25) is 0 Å². The molecule has 0 bridgehead atoms. The summed E-state index contributed by atoms with van der Waals surface area (Å²) >= 11 is 0. The number of H-pyrrole nitrogens is 2. The normalized spacial score (nSPS) is 18.6. The SMILES string of the molecule is COC[C@]1(OC)CCc2[nH]c3ncnc(Nc4cc5cn[nH]c5cc4OC)c3c2C1. The molecule has 0 saturated carbocycles. The first-order chi connectivity index (χ1) is 14.7. The third-order valence-electron chi connectivity index (χ3n) is 5.97. The minimum Gasteiger partial charge on any atom is -0.494 e. The fourth-order valence-electron chi connectivity index (χ4n) is 4.39. The van der Waals surface area contributed by atoms with Crippen molar-refractivity contribution in [2.75, 3.05) is 33.3 Å². The monoisotopic (exact) mass is 408 g/mol. The summed E-state index contributed by atoms with van der Waals surface area (Å²) < 4.78 is 16.9. The number of anilines is 2. The van der Waals surface area contributed by atoms with Crippen LogP contribution in [0.3, 0.4) is 0 Å². The van der Waals surface area contributed by atoms with E-state index in [1.54, 1.807) is 33.9 Å². The van der Waals surface area contributed by atoms with Crippen molar-refractivity contribution in [2.24, 2.45) is 0 Å². The van der Waals surface area contributed by atoms with Gasteiger partial charge in [-0.1, -0.05) is 0 Å². The first-order valence-corrected chi connectivity index (χ1v) is 9.83. The van der Waals surface area contributed by atoms with Gasteiger partial charge in [-0.05, 0) is 24.5 Å². The molecule has 1 aliphatic carbocycles. The number of aromatic nitrogens is 5. The van der Waals surface area contributed by atoms with Gasteiger partial charge in [-0.2, -0.15) is 5.10 Å². The van der Waals surface area contributed by atoms with Crippen molar-refractivity contribution in [1.29, 1.82) is 0 Å². The Morgan fingerprint density at radius 2 is 2.10 bits per heavy atom. The maximum absolute atomic E-state index is 5.90. The van der Waals surface area contributed by atoms with Crippen molar-refractivity contribution in [1.82, 2.24) is 25.1 Å². The molecule has 0 amide bonds. The van der Waals surface area contributed by atoms with E-state index in [2.05, 4.69) is 30.5 Å². The fraction of sp³-hybridized carbons (Fsp3) is 0.381. The molecule has 0 saturated heterocycles. The number of nitrogens with one attached hydrogen (secondary N) is 3. The van der Waals surface area contributed by atoms with Gasteiger partial charge in [0.2, 0.25) is 0 Å². The minimum absolute atomic E-state index is 0.350. The molecule has 0 aliphatic heterocycles. The van der Waals surface area contributed by atoms with Crippen LogP contribution < -0.4 is 10.1 Å². The summed E-state index contributed by atoms with van der Waals surface area (Å²) in [6.45, 7) is 0.539. The molecule has 4 aromatic rings. The zero-order valence-electron chi connectivity index (χ0n) is 17.2. The molecule has 9 heteroatoms. The lowest BCUT2D eigenvalue weighted by molar-refractivity contribution is -0.0721. The molecule has 1 aliphatic rings. The van der Waals surface area contributed by atoms with Crippen molar-refractivity contribution in [3.63, 3.8) is 0 Å². The summed E-state index contributed by atoms with van der Waals surface area (Å²) in [5.74, 6) is 1.43. The fourth-order valence-corrected chi connectivity index (χ4v) is 4.39. The van der Waals surface area contributed by atoms with Crippen LogP contribution in [0.15, 0.2) is 24.7 Å². The summed E-state index contributed by atoms with van der Waals surface area (Å²) in [4.78, 5) is 12.5. The van der Waals surface area contributed by atoms with Crippen molar-refractivity contribution >= 4 is 33.4 Å². The Labute approximate surface area is 173 Å². The van der Waals surface area contributed by atoms with E-state index in [0.29, 0.717) is 12.4 Å². The van der Waals surface area contributed by atoms with E-state index < -0.39 is 0 Å². The molecule has 1 aromatic carbocycles. The second-order valence-corrected chi connectivity index (χ2v) is 7.66. The van der Waals surface area contributed by atoms with Crippen LogP contribution >= 0.6 is 0 Å². The molecule has 1 atom stereocenters. The number of aromatic amines is 2. The Balaban J connectivity index is 1.61. The van der Waals surface area contributed by atoms with Gasteiger partial charge in [0.15, 0.2) is 0 Å². The number of methoxy groups -OCH3 is 3. The molecular weight excluding hydrogens is 384 g/mol. The average molecular weight is 408 g/mol. The number of hydrogen-bond acceptors (Lipinski definition) is 7. The first-order valence-electron chi connectivity index (χ1n) is 9.83. The van der Waals surface area contributed by atoms with E-state index >= 15 is 0 Å². The number of rotatable bonds is 6. The van der Waals surface area contributed by atoms with Gasteiger partial charge >= 0.3 is 0 Å². The molecule has 0 unspecified atom stereocenters. The summed E-state index contributed by atoms with van der Waals surface area (Å²) in [5.41, 5.74) is 4.53. The van der Waals surface area contributed by atoms with Crippen molar-refractivity contribution < 1.29 is 14.2 Å². The van der Waals surface area contributed by atoms with Gasteiger partial charge in [0.05, 0.1) is 42.1 Å². The second-order valence-electron chi connectivity index (χ2n) is 7.66. The zero-order valence-corrected chi connectivity index (χ0v) is 17.2. The predicted octanol–water partition coefficient (Wildman–Crippen LogP) is 3.11. The van der Waals surface area contributed by atoms with Crippen LogP contribution in [-0.2, 0) is 22.3 Å². The molecule has 0 radical (unpaired) electrons. The quantitative estimate of drug-likeness (QED) is 0.450. The highest BCUT2D eigenvalue weighted by Gasteiger charge is 2.37. The molecule has 5 rings (SSSR count). The predicted molar refractivity (Wildman–Crippen MR) is 113 cm³/mol. The zero-order chi connectivity index (χ0) is 20.7. The smallest absolute Gasteiger partial charge is 0.144 e. The summed E-state index contributed by atoms with van der Waals surface area (Å²) in [6.07, 6.45) is 5.83. The van der Waals surface area contributed by atoms with Crippen molar-refractivity contribution in [2.45, 2.75) is 24.9 Å². The lowest BCUT2D eigenvalue weighted by atomic mass is 9.83. The maximum atomic E-state index is 5.90. The first kappa shape index (κ1) is 18.8. The van der Waals surface area contributed by atoms with Gasteiger partial charge in [-0.3, -0.25) is 5.10 Å². The molecule has 156 valence electrons. The van der Waals surface area contributed by atoms with Crippen LogP contribution in [0.25, 0.3) is 21.9 Å². The van der Waals surface area contributed by atoms with Gasteiger partial charge < -0.3 is 24.5 Å². The van der Waals surface area contributed by atoms with Crippen LogP contribution in [0, 0.1) is 0 Å². The Morgan fingerprint density at radius 3 is 2.90 bits per heavy atom. The molecular formula is C21H24N6O3. The van der Waals surface area contributed by atoms with Crippen molar-refractivity contribution in [3.05, 3.63) is 35.9 Å². The number of hydrogen-bond donors (Lipinski definition) is 3. The van der Waals surface area contributed by atoms with E-state index in [0.717, 1.165) is 52.7 Å².